The predicted molar refractivity (Wildman–Crippen MR) is 256 cm³/mol. The van der Waals surface area contributed by atoms with E-state index in [-0.39, 0.29) is 6.04 Å². The van der Waals surface area contributed by atoms with Crippen LogP contribution < -0.4 is 10.1 Å². The van der Waals surface area contributed by atoms with Crippen LogP contribution in [0.2, 0.25) is 0 Å². The van der Waals surface area contributed by atoms with Crippen molar-refractivity contribution in [3.63, 3.8) is 0 Å². The van der Waals surface area contributed by atoms with Gasteiger partial charge in [0.1, 0.15) is 11.5 Å². The normalized spacial score (nSPS) is 14.5. The highest BCUT2D eigenvalue weighted by atomic mass is 16.5. The standard InChI is InChI=1S/C59H38N4O/c1-2-14-39(15-3-1)58-43-29-31-48-57(56(43)42-16-4-7-19-49(42)63-58)44-34-40(28-30-45(44)59(48)46-17-5-8-22-54(46)64-55-23-9-6-18-47(55)59)37-24-26-38(27-25-37)41-35-52(50-20-10-12-32-60-50)62-53(36-41)51-21-11-13-33-61-51/h1-36,58,63H. The van der Waals surface area contributed by atoms with Gasteiger partial charge in [0, 0.05) is 34.8 Å². The number of aromatic nitrogens is 3. The number of anilines is 1. The average Bonchev–Trinajstić information content (AvgIpc) is 3.66. The van der Waals surface area contributed by atoms with E-state index in [1.54, 1.807) is 0 Å². The Morgan fingerprint density at radius 2 is 0.984 bits per heavy atom. The molecule has 0 radical (unpaired) electrons. The third-order valence-electron chi connectivity index (χ3n) is 13.3. The Hall–Kier alpha value is -8.41. The van der Waals surface area contributed by atoms with Crippen LogP contribution >= 0.6 is 0 Å². The van der Waals surface area contributed by atoms with E-state index in [4.69, 9.17) is 9.72 Å². The Labute approximate surface area is 371 Å². The molecule has 5 nitrogen and oxygen atoms in total. The smallest absolute Gasteiger partial charge is 0.132 e. The Morgan fingerprint density at radius 1 is 0.406 bits per heavy atom. The lowest BCUT2D eigenvalue weighted by Crippen LogP contribution is -2.32. The summed E-state index contributed by atoms with van der Waals surface area (Å²) in [6.45, 7) is 0. The predicted octanol–water partition coefficient (Wildman–Crippen LogP) is 14.2. The van der Waals surface area contributed by atoms with E-state index in [0.717, 1.165) is 73.3 Å². The summed E-state index contributed by atoms with van der Waals surface area (Å²) in [4.78, 5) is 14.3. The van der Waals surface area contributed by atoms with Gasteiger partial charge in [-0.2, -0.15) is 0 Å². The van der Waals surface area contributed by atoms with Crippen LogP contribution in [0.1, 0.15) is 39.4 Å². The SMILES string of the molecule is c1ccc(C2Nc3ccccc3-c3c2ccc2c3-c3cc(-c4ccc(-c5cc(-c6ccccn6)nc(-c6ccccn6)c5)cc4)ccc3C23c2ccccc2Oc2ccccc23)cc1. The summed E-state index contributed by atoms with van der Waals surface area (Å²) in [5.74, 6) is 1.77. The van der Waals surface area contributed by atoms with Gasteiger partial charge in [-0.15, -0.1) is 0 Å². The zero-order valence-corrected chi connectivity index (χ0v) is 34.6. The van der Waals surface area contributed by atoms with Crippen LogP contribution in [-0.2, 0) is 5.41 Å². The Bertz CT molecular complexity index is 3340. The van der Waals surface area contributed by atoms with E-state index in [2.05, 4.69) is 185 Å². The van der Waals surface area contributed by atoms with Crippen molar-refractivity contribution in [3.8, 4) is 78.8 Å². The highest BCUT2D eigenvalue weighted by Crippen LogP contribution is 2.65. The van der Waals surface area contributed by atoms with E-state index in [1.165, 1.54) is 44.5 Å². The number of pyridine rings is 3. The van der Waals surface area contributed by atoms with E-state index < -0.39 is 5.41 Å². The molecule has 13 rings (SSSR count). The van der Waals surface area contributed by atoms with Crippen molar-refractivity contribution in [2.75, 3.05) is 5.32 Å². The quantitative estimate of drug-likeness (QED) is 0.187. The number of para-hydroxylation sites is 3. The van der Waals surface area contributed by atoms with Gasteiger partial charge in [0.2, 0.25) is 0 Å². The third-order valence-corrected chi connectivity index (χ3v) is 13.3. The molecule has 1 aliphatic carbocycles. The molecule has 0 amide bonds. The molecule has 0 saturated carbocycles. The van der Waals surface area contributed by atoms with Gasteiger partial charge in [-0.1, -0.05) is 146 Å². The minimum atomic E-state index is -0.604. The molecule has 3 aliphatic rings. The van der Waals surface area contributed by atoms with Crippen molar-refractivity contribution in [1.29, 1.82) is 0 Å². The number of benzene rings is 7. The lowest BCUT2D eigenvalue weighted by atomic mass is 9.65. The van der Waals surface area contributed by atoms with Gasteiger partial charge in [-0.25, -0.2) is 4.98 Å². The minimum absolute atomic E-state index is 0.0223. The zero-order valence-electron chi connectivity index (χ0n) is 34.6. The maximum Gasteiger partial charge on any atom is 0.132 e. The second-order valence-electron chi connectivity index (χ2n) is 16.7. The van der Waals surface area contributed by atoms with Gasteiger partial charge in [0.05, 0.1) is 34.2 Å². The van der Waals surface area contributed by atoms with Crippen LogP contribution in [0.15, 0.2) is 219 Å². The molecule has 0 bridgehead atoms. The zero-order chi connectivity index (χ0) is 42.2. The molecule has 1 atom stereocenters. The van der Waals surface area contributed by atoms with E-state index in [1.807, 2.05) is 48.8 Å². The van der Waals surface area contributed by atoms with E-state index in [9.17, 15) is 0 Å². The summed E-state index contributed by atoms with van der Waals surface area (Å²) in [6.07, 6.45) is 3.62. The topological polar surface area (TPSA) is 59.9 Å². The van der Waals surface area contributed by atoms with Crippen molar-refractivity contribution in [1.82, 2.24) is 15.0 Å². The van der Waals surface area contributed by atoms with Gasteiger partial charge in [-0.05, 0) is 122 Å². The molecular formula is C59H38N4O. The molecule has 3 aromatic heterocycles. The molecule has 2 aliphatic heterocycles. The summed E-state index contributed by atoms with van der Waals surface area (Å²) in [5.41, 5.74) is 20.5. The highest BCUT2D eigenvalue weighted by molar-refractivity contribution is 6.02. The summed E-state index contributed by atoms with van der Waals surface area (Å²) in [7, 11) is 0. The Balaban J connectivity index is 1.02. The van der Waals surface area contributed by atoms with Crippen molar-refractivity contribution < 1.29 is 4.74 Å². The largest absolute Gasteiger partial charge is 0.457 e. The van der Waals surface area contributed by atoms with E-state index in [0.29, 0.717) is 0 Å². The third kappa shape index (κ3) is 5.47. The molecule has 5 heteroatoms. The first-order valence-corrected chi connectivity index (χ1v) is 21.8. The van der Waals surface area contributed by atoms with Crippen molar-refractivity contribution in [2.45, 2.75) is 11.5 Å². The first-order chi connectivity index (χ1) is 31.7. The van der Waals surface area contributed by atoms with Crippen molar-refractivity contribution in [3.05, 3.63) is 252 Å². The minimum Gasteiger partial charge on any atom is -0.457 e. The van der Waals surface area contributed by atoms with Gasteiger partial charge in [0.15, 0.2) is 0 Å². The number of nitrogens with one attached hydrogen (secondary N) is 1. The fourth-order valence-corrected chi connectivity index (χ4v) is 10.5. The first kappa shape index (κ1) is 36.3. The van der Waals surface area contributed by atoms with Crippen LogP contribution in [0.3, 0.4) is 0 Å². The fraction of sp³-hybridized carbons (Fsp3) is 0.0339. The van der Waals surface area contributed by atoms with Gasteiger partial charge in [-0.3, -0.25) is 9.97 Å². The van der Waals surface area contributed by atoms with Gasteiger partial charge < -0.3 is 10.1 Å². The second kappa shape index (κ2) is 14.3. The van der Waals surface area contributed by atoms with E-state index >= 15 is 0 Å². The first-order valence-electron chi connectivity index (χ1n) is 21.8. The molecular weight excluding hydrogens is 781 g/mol. The molecule has 5 heterocycles. The number of hydrogen-bond donors (Lipinski definition) is 1. The maximum atomic E-state index is 6.72. The number of ether oxygens (including phenoxy) is 1. The summed E-state index contributed by atoms with van der Waals surface area (Å²) >= 11 is 0. The second-order valence-corrected chi connectivity index (χ2v) is 16.7. The van der Waals surface area contributed by atoms with Gasteiger partial charge in [0.25, 0.3) is 0 Å². The molecule has 1 unspecified atom stereocenters. The number of rotatable bonds is 5. The van der Waals surface area contributed by atoms with Gasteiger partial charge >= 0.3 is 0 Å². The molecule has 0 fully saturated rings. The number of fused-ring (bicyclic) bond motifs is 13. The van der Waals surface area contributed by atoms with Crippen LogP contribution in [0, 0.1) is 0 Å². The lowest BCUT2D eigenvalue weighted by Gasteiger charge is -2.40. The molecule has 7 aromatic carbocycles. The molecule has 1 spiro atoms. The molecule has 1 N–H and O–H groups in total. The Morgan fingerprint density at radius 3 is 1.66 bits per heavy atom. The van der Waals surface area contributed by atoms with Crippen LogP contribution in [0.25, 0.3) is 67.3 Å². The summed E-state index contributed by atoms with van der Waals surface area (Å²) in [5, 5.41) is 3.94. The summed E-state index contributed by atoms with van der Waals surface area (Å²) in [6, 6.07) is 73.7. The molecule has 64 heavy (non-hydrogen) atoms. The van der Waals surface area contributed by atoms with Crippen molar-refractivity contribution in [2.24, 2.45) is 0 Å². The Kier molecular flexibility index (Phi) is 8.12. The number of nitrogens with zero attached hydrogens (tertiary/aromatic N) is 3. The van der Waals surface area contributed by atoms with Crippen LogP contribution in [0.5, 0.6) is 11.5 Å². The molecule has 300 valence electrons. The molecule has 0 saturated heterocycles. The average molecular weight is 819 g/mol. The highest BCUT2D eigenvalue weighted by Gasteiger charge is 2.52. The fourth-order valence-electron chi connectivity index (χ4n) is 10.5. The lowest BCUT2D eigenvalue weighted by molar-refractivity contribution is 0.436. The van der Waals surface area contributed by atoms with Crippen LogP contribution in [0.4, 0.5) is 5.69 Å². The van der Waals surface area contributed by atoms with Crippen molar-refractivity contribution >= 4 is 5.69 Å². The van der Waals surface area contributed by atoms with Crippen LogP contribution in [-0.4, -0.2) is 15.0 Å². The molecule has 10 aromatic rings. The summed E-state index contributed by atoms with van der Waals surface area (Å²) < 4.78 is 6.72. The number of hydrogen-bond acceptors (Lipinski definition) is 5. The maximum absolute atomic E-state index is 6.72. The monoisotopic (exact) mass is 818 g/mol.